The molecule has 2 rings (SSSR count). The Kier molecular flexibility index (Phi) is 5.64. The van der Waals surface area contributed by atoms with Crippen LogP contribution in [0.4, 0.5) is 13.2 Å². The fourth-order valence-electron chi connectivity index (χ4n) is 2.72. The molecule has 1 atom stereocenters. The Hall–Kier alpha value is -1.60. The first kappa shape index (κ1) is 17.7. The van der Waals surface area contributed by atoms with E-state index in [1.165, 1.54) is 19.1 Å². The van der Waals surface area contributed by atoms with Crippen LogP contribution < -0.4 is 5.32 Å². The molecule has 1 amide bonds. The second kappa shape index (κ2) is 7.31. The number of rotatable bonds is 4. The number of nitrogens with one attached hydrogen (secondary N) is 1. The Morgan fingerprint density at radius 1 is 1.39 bits per heavy atom. The maximum atomic E-state index is 12.7. The number of nitrogens with zero attached hydrogens (tertiary/aromatic N) is 1. The first-order valence-electron chi connectivity index (χ1n) is 7.61. The summed E-state index contributed by atoms with van der Waals surface area (Å²) < 4.78 is 38.0. The van der Waals surface area contributed by atoms with Gasteiger partial charge in [0.05, 0.1) is 11.7 Å². The van der Waals surface area contributed by atoms with Crippen molar-refractivity contribution in [3.63, 3.8) is 0 Å². The molecular formula is C16H21F3N2O2. The van der Waals surface area contributed by atoms with Crippen LogP contribution in [-0.2, 0) is 11.0 Å². The van der Waals surface area contributed by atoms with Crippen molar-refractivity contribution in [3.05, 3.63) is 35.4 Å². The zero-order chi connectivity index (χ0) is 17.0. The lowest BCUT2D eigenvalue weighted by Crippen LogP contribution is -2.45. The largest absolute Gasteiger partial charge is 0.416 e. The highest BCUT2D eigenvalue weighted by Gasteiger charge is 2.31. The van der Waals surface area contributed by atoms with Crippen molar-refractivity contribution in [1.82, 2.24) is 10.2 Å². The lowest BCUT2D eigenvalue weighted by Gasteiger charge is -2.32. The van der Waals surface area contributed by atoms with Crippen molar-refractivity contribution < 1.29 is 23.1 Å². The normalized spacial score (nSPS) is 18.0. The average molecular weight is 330 g/mol. The van der Waals surface area contributed by atoms with Gasteiger partial charge in [0.1, 0.15) is 0 Å². The second-order valence-corrected chi connectivity index (χ2v) is 5.83. The predicted octanol–water partition coefficient (Wildman–Crippen LogP) is 2.34. The summed E-state index contributed by atoms with van der Waals surface area (Å²) in [7, 11) is 0. The quantitative estimate of drug-likeness (QED) is 0.891. The summed E-state index contributed by atoms with van der Waals surface area (Å²) in [6.45, 7) is 3.04. The van der Waals surface area contributed by atoms with Gasteiger partial charge in [-0.3, -0.25) is 4.79 Å². The number of alkyl halides is 3. The Balaban J connectivity index is 1.86. The van der Waals surface area contributed by atoms with Crippen LogP contribution in [0.25, 0.3) is 0 Å². The highest BCUT2D eigenvalue weighted by Crippen LogP contribution is 2.30. The molecule has 1 unspecified atom stereocenters. The van der Waals surface area contributed by atoms with Gasteiger partial charge in [-0.1, -0.05) is 12.1 Å². The number of aliphatic hydroxyl groups is 1. The molecule has 0 bridgehead atoms. The number of amides is 1. The number of piperidine rings is 1. The Morgan fingerprint density at radius 3 is 2.61 bits per heavy atom. The van der Waals surface area contributed by atoms with Gasteiger partial charge in [0.2, 0.25) is 5.91 Å². The highest BCUT2D eigenvalue weighted by atomic mass is 19.4. The van der Waals surface area contributed by atoms with Gasteiger partial charge in [-0.25, -0.2) is 0 Å². The van der Waals surface area contributed by atoms with Gasteiger partial charge in [0.15, 0.2) is 0 Å². The molecule has 1 aliphatic rings. The minimum atomic E-state index is -4.41. The van der Waals surface area contributed by atoms with Crippen LogP contribution in [0.1, 0.15) is 37.0 Å². The number of benzene rings is 1. The van der Waals surface area contributed by atoms with E-state index >= 15 is 0 Å². The van der Waals surface area contributed by atoms with E-state index in [-0.39, 0.29) is 24.1 Å². The van der Waals surface area contributed by atoms with Crippen LogP contribution in [0, 0.1) is 0 Å². The Morgan fingerprint density at radius 2 is 2.04 bits per heavy atom. The molecule has 7 heteroatoms. The number of halogens is 3. The first-order chi connectivity index (χ1) is 10.8. The van der Waals surface area contributed by atoms with Crippen LogP contribution in [0.3, 0.4) is 0 Å². The molecule has 1 aromatic rings. The van der Waals surface area contributed by atoms with Gasteiger partial charge in [-0.05, 0) is 30.5 Å². The maximum absolute atomic E-state index is 12.7. The molecule has 1 aliphatic heterocycles. The number of hydrogen-bond donors (Lipinski definition) is 2. The standard InChI is InChI=1S/C16H21F3N2O2/c1-11(22)21-7-5-14(6-8-21)20-10-15(23)12-3-2-4-13(9-12)16(17,18)19/h2-4,9,14-15,20,23H,5-8,10H2,1H3. The van der Waals surface area contributed by atoms with E-state index in [0.29, 0.717) is 13.1 Å². The number of aliphatic hydroxyl groups excluding tert-OH is 1. The van der Waals surface area contributed by atoms with Crippen molar-refractivity contribution in [2.24, 2.45) is 0 Å². The molecule has 128 valence electrons. The van der Waals surface area contributed by atoms with E-state index < -0.39 is 17.8 Å². The highest BCUT2D eigenvalue weighted by molar-refractivity contribution is 5.73. The molecule has 0 aromatic heterocycles. The molecule has 0 saturated carbocycles. The topological polar surface area (TPSA) is 52.6 Å². The number of hydrogen-bond acceptors (Lipinski definition) is 3. The number of carbonyl (C=O) groups is 1. The third kappa shape index (κ3) is 4.94. The van der Waals surface area contributed by atoms with E-state index in [4.69, 9.17) is 0 Å². The summed E-state index contributed by atoms with van der Waals surface area (Å²) in [5, 5.41) is 13.3. The summed E-state index contributed by atoms with van der Waals surface area (Å²) >= 11 is 0. The zero-order valence-corrected chi connectivity index (χ0v) is 12.9. The summed E-state index contributed by atoms with van der Waals surface area (Å²) in [6.07, 6.45) is -3.87. The molecule has 4 nitrogen and oxygen atoms in total. The molecule has 1 aromatic carbocycles. The minimum absolute atomic E-state index is 0.0486. The Labute approximate surface area is 133 Å². The van der Waals surface area contributed by atoms with Crippen molar-refractivity contribution >= 4 is 5.91 Å². The average Bonchev–Trinajstić information content (AvgIpc) is 2.52. The minimum Gasteiger partial charge on any atom is -0.387 e. The van der Waals surface area contributed by atoms with Gasteiger partial charge < -0.3 is 15.3 Å². The molecule has 0 spiro atoms. The van der Waals surface area contributed by atoms with Crippen LogP contribution >= 0.6 is 0 Å². The van der Waals surface area contributed by atoms with E-state index in [2.05, 4.69) is 5.32 Å². The fraction of sp³-hybridized carbons (Fsp3) is 0.562. The lowest BCUT2D eigenvalue weighted by molar-refractivity contribution is -0.137. The maximum Gasteiger partial charge on any atom is 0.416 e. The van der Waals surface area contributed by atoms with Crippen molar-refractivity contribution in [2.75, 3.05) is 19.6 Å². The summed E-state index contributed by atoms with van der Waals surface area (Å²) in [5.41, 5.74) is -0.516. The fourth-order valence-corrected chi connectivity index (χ4v) is 2.72. The van der Waals surface area contributed by atoms with Gasteiger partial charge in [-0.2, -0.15) is 13.2 Å². The summed E-state index contributed by atoms with van der Waals surface area (Å²) in [4.78, 5) is 13.0. The molecule has 0 aliphatic carbocycles. The lowest BCUT2D eigenvalue weighted by atomic mass is 10.0. The number of carbonyl (C=O) groups excluding carboxylic acids is 1. The van der Waals surface area contributed by atoms with Gasteiger partial charge in [-0.15, -0.1) is 0 Å². The van der Waals surface area contributed by atoms with E-state index in [1.807, 2.05) is 0 Å². The predicted molar refractivity (Wildman–Crippen MR) is 79.7 cm³/mol. The third-order valence-corrected chi connectivity index (χ3v) is 4.14. The SMILES string of the molecule is CC(=O)N1CCC(NCC(O)c2cccc(C(F)(F)F)c2)CC1. The summed E-state index contributed by atoms with van der Waals surface area (Å²) in [6, 6.07) is 4.91. The molecule has 23 heavy (non-hydrogen) atoms. The van der Waals surface area contributed by atoms with E-state index in [9.17, 15) is 23.1 Å². The summed E-state index contributed by atoms with van der Waals surface area (Å²) in [5.74, 6) is 0.0486. The van der Waals surface area contributed by atoms with E-state index in [1.54, 1.807) is 4.90 Å². The zero-order valence-electron chi connectivity index (χ0n) is 12.9. The third-order valence-electron chi connectivity index (χ3n) is 4.14. The van der Waals surface area contributed by atoms with Crippen LogP contribution in [0.15, 0.2) is 24.3 Å². The molecule has 1 fully saturated rings. The van der Waals surface area contributed by atoms with Crippen LogP contribution in [0.2, 0.25) is 0 Å². The van der Waals surface area contributed by atoms with Gasteiger partial charge in [0, 0.05) is 32.6 Å². The molecule has 0 radical (unpaired) electrons. The monoisotopic (exact) mass is 330 g/mol. The van der Waals surface area contributed by atoms with Crippen LogP contribution in [0.5, 0.6) is 0 Å². The number of likely N-dealkylation sites (tertiary alicyclic amines) is 1. The smallest absolute Gasteiger partial charge is 0.387 e. The molecule has 2 N–H and O–H groups in total. The van der Waals surface area contributed by atoms with Crippen molar-refractivity contribution in [2.45, 2.75) is 38.1 Å². The van der Waals surface area contributed by atoms with Gasteiger partial charge >= 0.3 is 6.18 Å². The van der Waals surface area contributed by atoms with Crippen LogP contribution in [-0.4, -0.2) is 41.6 Å². The van der Waals surface area contributed by atoms with Crippen molar-refractivity contribution in [1.29, 1.82) is 0 Å². The van der Waals surface area contributed by atoms with Crippen molar-refractivity contribution in [3.8, 4) is 0 Å². The Bertz CT molecular complexity index is 540. The van der Waals surface area contributed by atoms with Gasteiger partial charge in [0.25, 0.3) is 0 Å². The van der Waals surface area contributed by atoms with E-state index in [0.717, 1.165) is 25.0 Å². The molecular weight excluding hydrogens is 309 g/mol. The molecule has 1 heterocycles. The first-order valence-corrected chi connectivity index (χ1v) is 7.61. The second-order valence-electron chi connectivity index (χ2n) is 5.83. The molecule has 1 saturated heterocycles.